The summed E-state index contributed by atoms with van der Waals surface area (Å²) in [4.78, 5) is 2.38. The average molecular weight is 292 g/mol. The summed E-state index contributed by atoms with van der Waals surface area (Å²) in [6, 6.07) is 10.1. The van der Waals surface area contributed by atoms with Crippen molar-refractivity contribution in [2.24, 2.45) is 0 Å². The monoisotopic (exact) mass is 292 g/mol. The van der Waals surface area contributed by atoms with Gasteiger partial charge in [-0.3, -0.25) is 0 Å². The number of methoxy groups -OCH3 is 1. The van der Waals surface area contributed by atoms with Gasteiger partial charge < -0.3 is 9.72 Å². The lowest BCUT2D eigenvalue weighted by Gasteiger charge is -2.11. The van der Waals surface area contributed by atoms with E-state index in [1.807, 2.05) is 6.07 Å². The first-order chi connectivity index (χ1) is 9.58. The molecule has 0 aliphatic carbocycles. The Labute approximate surface area is 119 Å². The van der Waals surface area contributed by atoms with Crippen molar-refractivity contribution in [2.75, 3.05) is 7.11 Å². The number of hydrogen-bond donors (Lipinski definition) is 1. The van der Waals surface area contributed by atoms with Crippen LogP contribution in [-0.2, 0) is 0 Å². The molecule has 3 nitrogen and oxygen atoms in total. The molecule has 1 N–H and O–H groups in total. The van der Waals surface area contributed by atoms with E-state index >= 15 is 0 Å². The fourth-order valence-corrected chi connectivity index (χ4v) is 2.16. The molecular weight excluding hydrogens is 282 g/mol. The first kappa shape index (κ1) is 14.2. The van der Waals surface area contributed by atoms with Crippen LogP contribution >= 0.6 is 12.2 Å². The van der Waals surface area contributed by atoms with Crippen LogP contribution in [0.4, 0.5) is 8.78 Å². The van der Waals surface area contributed by atoms with Gasteiger partial charge in [-0.2, -0.15) is 5.26 Å². The van der Waals surface area contributed by atoms with Crippen molar-refractivity contribution >= 4 is 12.2 Å². The third-order valence-electron chi connectivity index (χ3n) is 2.80. The molecule has 1 aromatic carbocycles. The summed E-state index contributed by atoms with van der Waals surface area (Å²) in [5.41, 5.74) is 0.710. The first-order valence-corrected chi connectivity index (χ1v) is 6.08. The van der Waals surface area contributed by atoms with Gasteiger partial charge in [0.15, 0.2) is 0 Å². The summed E-state index contributed by atoms with van der Waals surface area (Å²) >= 11 is 4.97. The molecule has 1 aromatic heterocycles. The van der Waals surface area contributed by atoms with E-state index in [-0.39, 0.29) is 15.9 Å². The minimum absolute atomic E-state index is 0.00814. The number of nitrogens with one attached hydrogen (secondary N) is 1. The molecule has 0 aliphatic rings. The van der Waals surface area contributed by atoms with E-state index in [1.54, 1.807) is 24.3 Å². The second kappa shape index (κ2) is 5.80. The minimum Gasteiger partial charge on any atom is -0.496 e. The number of rotatable bonds is 3. The Balaban J connectivity index is 2.79. The number of nitriles is 1. The molecule has 0 atom stereocenters. The summed E-state index contributed by atoms with van der Waals surface area (Å²) in [5.74, 6) is 0.491. The van der Waals surface area contributed by atoms with Gasteiger partial charge in [0.2, 0.25) is 0 Å². The van der Waals surface area contributed by atoms with Crippen molar-refractivity contribution in [2.45, 2.75) is 6.43 Å². The van der Waals surface area contributed by atoms with Crippen molar-refractivity contribution in [1.29, 1.82) is 5.26 Å². The summed E-state index contributed by atoms with van der Waals surface area (Å²) in [5, 5.41) is 9.19. The summed E-state index contributed by atoms with van der Waals surface area (Å²) < 4.78 is 30.9. The number of nitrogens with zero attached hydrogens (tertiary/aromatic N) is 1. The number of aromatic amines is 1. The smallest absolute Gasteiger partial charge is 0.278 e. The highest BCUT2D eigenvalue weighted by atomic mass is 32.1. The van der Waals surface area contributed by atoms with E-state index in [0.717, 1.165) is 0 Å². The van der Waals surface area contributed by atoms with Crippen molar-refractivity contribution < 1.29 is 13.5 Å². The van der Waals surface area contributed by atoms with Crippen molar-refractivity contribution in [1.82, 2.24) is 4.98 Å². The largest absolute Gasteiger partial charge is 0.496 e. The van der Waals surface area contributed by atoms with E-state index < -0.39 is 6.43 Å². The number of pyridine rings is 1. The quantitative estimate of drug-likeness (QED) is 0.861. The van der Waals surface area contributed by atoms with Crippen LogP contribution in [0.1, 0.15) is 17.7 Å². The maximum absolute atomic E-state index is 12.9. The van der Waals surface area contributed by atoms with Gasteiger partial charge in [-0.25, -0.2) is 8.78 Å². The van der Waals surface area contributed by atoms with Gasteiger partial charge in [-0.15, -0.1) is 0 Å². The van der Waals surface area contributed by atoms with Gasteiger partial charge in [-0.1, -0.05) is 30.4 Å². The SMILES string of the molecule is COc1ccccc1-c1cc(C(F)F)[nH]c(=S)c1C#N. The van der Waals surface area contributed by atoms with Gasteiger partial charge in [0, 0.05) is 11.1 Å². The zero-order chi connectivity index (χ0) is 14.7. The number of H-pyrrole nitrogens is 1. The van der Waals surface area contributed by atoms with E-state index in [0.29, 0.717) is 16.9 Å². The molecule has 0 bridgehead atoms. The van der Waals surface area contributed by atoms with E-state index in [9.17, 15) is 14.0 Å². The molecule has 2 aromatic rings. The van der Waals surface area contributed by atoms with Gasteiger partial charge in [0.05, 0.1) is 18.4 Å². The molecule has 0 fully saturated rings. The Bertz CT molecular complexity index is 735. The highest BCUT2D eigenvalue weighted by molar-refractivity contribution is 7.71. The van der Waals surface area contributed by atoms with E-state index in [2.05, 4.69) is 4.98 Å². The van der Waals surface area contributed by atoms with Gasteiger partial charge in [0.25, 0.3) is 6.43 Å². The van der Waals surface area contributed by atoms with Crippen LogP contribution in [0, 0.1) is 16.0 Å². The van der Waals surface area contributed by atoms with Crippen LogP contribution in [-0.4, -0.2) is 12.1 Å². The number of para-hydroxylation sites is 1. The second-order valence-electron chi connectivity index (χ2n) is 3.96. The standard InChI is InChI=1S/C14H10F2N2OS/c1-19-12-5-3-2-4-8(12)9-6-11(13(15)16)18-14(20)10(9)7-17/h2-6,13H,1H3,(H,18,20). The lowest BCUT2D eigenvalue weighted by atomic mass is 10.0. The third-order valence-corrected chi connectivity index (χ3v) is 3.10. The molecule has 2 rings (SSSR count). The zero-order valence-electron chi connectivity index (χ0n) is 10.5. The lowest BCUT2D eigenvalue weighted by molar-refractivity contribution is 0.146. The molecule has 6 heteroatoms. The number of alkyl halides is 2. The lowest BCUT2D eigenvalue weighted by Crippen LogP contribution is -1.97. The fraction of sp³-hybridized carbons (Fsp3) is 0.143. The minimum atomic E-state index is -2.70. The molecule has 0 spiro atoms. The molecule has 0 unspecified atom stereocenters. The highest BCUT2D eigenvalue weighted by Gasteiger charge is 2.16. The molecule has 0 amide bonds. The Hall–Kier alpha value is -2.26. The van der Waals surface area contributed by atoms with Crippen LogP contribution < -0.4 is 4.74 Å². The maximum Gasteiger partial charge on any atom is 0.278 e. The normalized spacial score (nSPS) is 10.3. The Kier molecular flexibility index (Phi) is 4.11. The Morgan fingerprint density at radius 3 is 2.60 bits per heavy atom. The number of ether oxygens (including phenoxy) is 1. The maximum atomic E-state index is 12.9. The van der Waals surface area contributed by atoms with Crippen LogP contribution in [0.25, 0.3) is 11.1 Å². The predicted octanol–water partition coefficient (Wildman–Crippen LogP) is 4.23. The van der Waals surface area contributed by atoms with Crippen LogP contribution in [0.15, 0.2) is 30.3 Å². The van der Waals surface area contributed by atoms with Gasteiger partial charge in [-0.05, 0) is 12.1 Å². The average Bonchev–Trinajstić information content (AvgIpc) is 2.46. The summed E-state index contributed by atoms with van der Waals surface area (Å²) in [7, 11) is 1.47. The number of hydrogen-bond acceptors (Lipinski definition) is 3. The molecular formula is C14H10F2N2OS. The van der Waals surface area contributed by atoms with Gasteiger partial charge in [0.1, 0.15) is 16.5 Å². The Morgan fingerprint density at radius 1 is 1.30 bits per heavy atom. The second-order valence-corrected chi connectivity index (χ2v) is 4.36. The van der Waals surface area contributed by atoms with Gasteiger partial charge >= 0.3 is 0 Å². The molecule has 0 radical (unpaired) electrons. The predicted molar refractivity (Wildman–Crippen MR) is 73.3 cm³/mol. The van der Waals surface area contributed by atoms with E-state index in [1.165, 1.54) is 13.2 Å². The summed E-state index contributed by atoms with van der Waals surface area (Å²) in [6.07, 6.45) is -2.70. The number of aromatic nitrogens is 1. The topological polar surface area (TPSA) is 48.8 Å². The van der Waals surface area contributed by atoms with Crippen LogP contribution in [0.3, 0.4) is 0 Å². The third kappa shape index (κ3) is 2.53. The molecule has 20 heavy (non-hydrogen) atoms. The fourth-order valence-electron chi connectivity index (χ4n) is 1.89. The zero-order valence-corrected chi connectivity index (χ0v) is 11.3. The Morgan fingerprint density at radius 2 is 2.00 bits per heavy atom. The van der Waals surface area contributed by atoms with Crippen molar-refractivity contribution in [3.05, 3.63) is 46.2 Å². The van der Waals surface area contributed by atoms with Crippen molar-refractivity contribution in [3.63, 3.8) is 0 Å². The summed E-state index contributed by atoms with van der Waals surface area (Å²) in [6.45, 7) is 0. The number of benzene rings is 1. The van der Waals surface area contributed by atoms with Crippen LogP contribution in [0.5, 0.6) is 5.75 Å². The highest BCUT2D eigenvalue weighted by Crippen LogP contribution is 2.34. The molecule has 0 saturated carbocycles. The van der Waals surface area contributed by atoms with Crippen molar-refractivity contribution in [3.8, 4) is 22.9 Å². The van der Waals surface area contributed by atoms with Crippen LogP contribution in [0.2, 0.25) is 0 Å². The number of halogens is 2. The van der Waals surface area contributed by atoms with E-state index in [4.69, 9.17) is 17.0 Å². The molecule has 0 saturated heterocycles. The first-order valence-electron chi connectivity index (χ1n) is 5.67. The molecule has 0 aliphatic heterocycles. The molecule has 1 heterocycles. The molecule has 102 valence electrons.